The first-order valence-electron chi connectivity index (χ1n) is 6.01. The Kier molecular flexibility index (Phi) is 9.59. The third kappa shape index (κ3) is 11.4. The number of ether oxygens (including phenoxy) is 1. The maximum atomic E-state index is 11.2. The lowest BCUT2D eigenvalue weighted by Crippen LogP contribution is -2.25. The van der Waals surface area contributed by atoms with Crippen molar-refractivity contribution in [1.82, 2.24) is 5.32 Å². The molecule has 0 heterocycles. The fraction of sp³-hybridized carbons (Fsp3) is 0.917. The number of unbranched alkanes of at least 4 members (excludes halogenated alkanes) is 1. The molecule has 0 rings (SSSR count). The predicted molar refractivity (Wildman–Crippen MR) is 62.8 cm³/mol. The average molecular weight is 215 g/mol. The molecule has 0 spiro atoms. The lowest BCUT2D eigenvalue weighted by molar-refractivity contribution is -0.122. The van der Waals surface area contributed by atoms with E-state index in [0.29, 0.717) is 18.9 Å². The molecule has 0 atom stereocenters. The molecule has 0 aliphatic heterocycles. The van der Waals surface area contributed by atoms with E-state index in [0.717, 1.165) is 32.4 Å². The Hall–Kier alpha value is -0.570. The number of rotatable bonds is 9. The van der Waals surface area contributed by atoms with Gasteiger partial charge in [-0.25, -0.2) is 0 Å². The van der Waals surface area contributed by atoms with Gasteiger partial charge in [-0.05, 0) is 18.8 Å². The van der Waals surface area contributed by atoms with E-state index in [4.69, 9.17) is 4.74 Å². The number of carbonyl (C=O) groups is 1. The molecule has 15 heavy (non-hydrogen) atoms. The van der Waals surface area contributed by atoms with Gasteiger partial charge < -0.3 is 10.1 Å². The van der Waals surface area contributed by atoms with Crippen LogP contribution in [0.25, 0.3) is 0 Å². The van der Waals surface area contributed by atoms with Crippen molar-refractivity contribution in [3.63, 3.8) is 0 Å². The summed E-state index contributed by atoms with van der Waals surface area (Å²) in [5.41, 5.74) is 0. The minimum absolute atomic E-state index is 0.105. The molecule has 90 valence electrons. The van der Waals surface area contributed by atoms with E-state index in [1.54, 1.807) is 0 Å². The van der Waals surface area contributed by atoms with E-state index < -0.39 is 0 Å². The van der Waals surface area contributed by atoms with Crippen LogP contribution in [-0.2, 0) is 9.53 Å². The van der Waals surface area contributed by atoms with Crippen LogP contribution in [0.4, 0.5) is 0 Å². The van der Waals surface area contributed by atoms with E-state index in [9.17, 15) is 4.79 Å². The van der Waals surface area contributed by atoms with Crippen LogP contribution in [0.2, 0.25) is 0 Å². The minimum Gasteiger partial charge on any atom is -0.381 e. The second-order valence-electron chi connectivity index (χ2n) is 4.25. The monoisotopic (exact) mass is 215 g/mol. The normalized spacial score (nSPS) is 10.7. The summed E-state index contributed by atoms with van der Waals surface area (Å²) in [4.78, 5) is 11.2. The first kappa shape index (κ1) is 14.4. The summed E-state index contributed by atoms with van der Waals surface area (Å²) in [7, 11) is 0. The van der Waals surface area contributed by atoms with Crippen molar-refractivity contribution in [3.8, 4) is 0 Å². The van der Waals surface area contributed by atoms with Gasteiger partial charge in [0, 0.05) is 19.6 Å². The predicted octanol–water partition coefficient (Wildman–Crippen LogP) is 2.36. The SMILES string of the molecule is CCCCNC(=O)CCOCCC(C)C. The van der Waals surface area contributed by atoms with E-state index in [2.05, 4.69) is 26.1 Å². The van der Waals surface area contributed by atoms with Crippen molar-refractivity contribution in [2.24, 2.45) is 5.92 Å². The largest absolute Gasteiger partial charge is 0.381 e. The highest BCUT2D eigenvalue weighted by molar-refractivity contribution is 5.75. The summed E-state index contributed by atoms with van der Waals surface area (Å²) in [6.07, 6.45) is 3.73. The number of hydrogen-bond donors (Lipinski definition) is 1. The second kappa shape index (κ2) is 9.97. The van der Waals surface area contributed by atoms with Gasteiger partial charge in [-0.15, -0.1) is 0 Å². The smallest absolute Gasteiger partial charge is 0.222 e. The molecule has 0 aromatic rings. The van der Waals surface area contributed by atoms with Gasteiger partial charge in [0.25, 0.3) is 0 Å². The molecule has 1 amide bonds. The summed E-state index contributed by atoms with van der Waals surface area (Å²) < 4.78 is 5.36. The fourth-order valence-corrected chi connectivity index (χ4v) is 1.08. The molecule has 1 N–H and O–H groups in total. The molecule has 0 unspecified atom stereocenters. The summed E-state index contributed by atoms with van der Waals surface area (Å²) in [6, 6.07) is 0. The number of hydrogen-bond acceptors (Lipinski definition) is 2. The van der Waals surface area contributed by atoms with Crippen molar-refractivity contribution in [1.29, 1.82) is 0 Å². The highest BCUT2D eigenvalue weighted by Crippen LogP contribution is 1.99. The summed E-state index contributed by atoms with van der Waals surface area (Å²) in [5, 5.41) is 2.86. The van der Waals surface area contributed by atoms with Crippen molar-refractivity contribution < 1.29 is 9.53 Å². The van der Waals surface area contributed by atoms with Crippen LogP contribution in [0.3, 0.4) is 0 Å². The van der Waals surface area contributed by atoms with Crippen molar-refractivity contribution in [3.05, 3.63) is 0 Å². The Morgan fingerprint density at radius 1 is 1.33 bits per heavy atom. The molecule has 3 heteroatoms. The van der Waals surface area contributed by atoms with Crippen LogP contribution in [0, 0.1) is 5.92 Å². The third-order valence-corrected chi connectivity index (χ3v) is 2.17. The van der Waals surface area contributed by atoms with Crippen molar-refractivity contribution in [2.45, 2.75) is 46.5 Å². The van der Waals surface area contributed by atoms with E-state index in [-0.39, 0.29) is 5.91 Å². The fourth-order valence-electron chi connectivity index (χ4n) is 1.08. The van der Waals surface area contributed by atoms with Crippen LogP contribution < -0.4 is 5.32 Å². The number of carbonyl (C=O) groups excluding carboxylic acids is 1. The molecule has 3 nitrogen and oxygen atoms in total. The molecular formula is C12H25NO2. The van der Waals surface area contributed by atoms with E-state index >= 15 is 0 Å². The van der Waals surface area contributed by atoms with Gasteiger partial charge in [0.15, 0.2) is 0 Å². The van der Waals surface area contributed by atoms with E-state index in [1.165, 1.54) is 0 Å². The van der Waals surface area contributed by atoms with E-state index in [1.807, 2.05) is 0 Å². The maximum Gasteiger partial charge on any atom is 0.222 e. The first-order chi connectivity index (χ1) is 7.16. The Morgan fingerprint density at radius 2 is 2.07 bits per heavy atom. The topological polar surface area (TPSA) is 38.3 Å². The summed E-state index contributed by atoms with van der Waals surface area (Å²) in [6.45, 7) is 8.55. The Bertz CT molecular complexity index is 158. The average Bonchev–Trinajstić information content (AvgIpc) is 2.17. The maximum absolute atomic E-state index is 11.2. The number of amides is 1. The Morgan fingerprint density at radius 3 is 2.67 bits per heavy atom. The molecule has 0 aliphatic carbocycles. The molecule has 0 radical (unpaired) electrons. The van der Waals surface area contributed by atoms with Crippen molar-refractivity contribution in [2.75, 3.05) is 19.8 Å². The molecule has 0 bridgehead atoms. The van der Waals surface area contributed by atoms with Crippen LogP contribution in [0.5, 0.6) is 0 Å². The van der Waals surface area contributed by atoms with Gasteiger partial charge in [-0.2, -0.15) is 0 Å². The molecule has 0 fully saturated rings. The van der Waals surface area contributed by atoms with Crippen LogP contribution in [-0.4, -0.2) is 25.7 Å². The van der Waals surface area contributed by atoms with Gasteiger partial charge in [0.05, 0.1) is 6.61 Å². The first-order valence-corrected chi connectivity index (χ1v) is 6.01. The summed E-state index contributed by atoms with van der Waals surface area (Å²) >= 11 is 0. The van der Waals surface area contributed by atoms with Gasteiger partial charge in [-0.1, -0.05) is 27.2 Å². The standard InChI is InChI=1S/C12H25NO2/c1-4-5-8-13-12(14)7-10-15-9-6-11(2)3/h11H,4-10H2,1-3H3,(H,13,14). The lowest BCUT2D eigenvalue weighted by Gasteiger charge is -2.06. The van der Waals surface area contributed by atoms with Crippen molar-refractivity contribution >= 4 is 5.91 Å². The molecule has 0 aliphatic rings. The lowest BCUT2D eigenvalue weighted by atomic mass is 10.1. The molecule has 0 aromatic carbocycles. The van der Waals surface area contributed by atoms with Gasteiger partial charge in [-0.3, -0.25) is 4.79 Å². The summed E-state index contributed by atoms with van der Waals surface area (Å²) in [5.74, 6) is 0.774. The zero-order chi connectivity index (χ0) is 11.5. The van der Waals surface area contributed by atoms with Gasteiger partial charge in [0.2, 0.25) is 5.91 Å². The van der Waals surface area contributed by atoms with Crippen LogP contribution in [0.1, 0.15) is 46.5 Å². The molecule has 0 saturated heterocycles. The number of nitrogens with one attached hydrogen (secondary N) is 1. The molecular weight excluding hydrogens is 190 g/mol. The molecule has 0 aromatic heterocycles. The second-order valence-corrected chi connectivity index (χ2v) is 4.25. The van der Waals surface area contributed by atoms with Gasteiger partial charge >= 0.3 is 0 Å². The zero-order valence-corrected chi connectivity index (χ0v) is 10.3. The highest BCUT2D eigenvalue weighted by atomic mass is 16.5. The Labute approximate surface area is 93.6 Å². The minimum atomic E-state index is 0.105. The van der Waals surface area contributed by atoms with Crippen LogP contribution in [0.15, 0.2) is 0 Å². The van der Waals surface area contributed by atoms with Gasteiger partial charge in [0.1, 0.15) is 0 Å². The quantitative estimate of drug-likeness (QED) is 0.600. The Balaban J connectivity index is 3.17. The third-order valence-electron chi connectivity index (χ3n) is 2.17. The van der Waals surface area contributed by atoms with Crippen LogP contribution >= 0.6 is 0 Å². The zero-order valence-electron chi connectivity index (χ0n) is 10.3. The molecule has 0 saturated carbocycles. The highest BCUT2D eigenvalue weighted by Gasteiger charge is 2.00.